The monoisotopic (exact) mass is 421 g/mol. The average molecular weight is 422 g/mol. The summed E-state index contributed by atoms with van der Waals surface area (Å²) in [6, 6.07) is 13.5. The Balaban J connectivity index is 1.59. The van der Waals surface area contributed by atoms with E-state index < -0.39 is 0 Å². The Kier molecular flexibility index (Phi) is 5.99. The van der Waals surface area contributed by atoms with Crippen LogP contribution in [0.3, 0.4) is 0 Å². The number of hydrogen-bond donors (Lipinski definition) is 1. The lowest BCUT2D eigenvalue weighted by atomic mass is 10.2. The molecular formula is C23H23N3O3S. The minimum Gasteiger partial charge on any atom is -0.490 e. The number of carbonyl (C=O) groups is 1. The van der Waals surface area contributed by atoms with Gasteiger partial charge in [0, 0.05) is 30.5 Å². The Morgan fingerprint density at radius 3 is 2.60 bits per heavy atom. The molecule has 4 aromatic rings. The van der Waals surface area contributed by atoms with Gasteiger partial charge < -0.3 is 19.4 Å². The average Bonchev–Trinajstić information content (AvgIpc) is 3.41. The highest BCUT2D eigenvalue weighted by atomic mass is 32.1. The summed E-state index contributed by atoms with van der Waals surface area (Å²) >= 11 is 1.40. The second kappa shape index (κ2) is 9.00. The van der Waals surface area contributed by atoms with Gasteiger partial charge in [-0.15, -0.1) is 11.3 Å². The predicted octanol–water partition coefficient (Wildman–Crippen LogP) is 4.81. The maximum Gasteiger partial charge on any atom is 0.263 e. The number of amides is 1. The molecule has 4 rings (SSSR count). The molecule has 0 spiro atoms. The fourth-order valence-electron chi connectivity index (χ4n) is 3.28. The third-order valence-electron chi connectivity index (χ3n) is 4.57. The van der Waals surface area contributed by atoms with Gasteiger partial charge in [0.05, 0.1) is 18.9 Å². The lowest BCUT2D eigenvalue weighted by Gasteiger charge is -2.13. The van der Waals surface area contributed by atoms with Crippen molar-refractivity contribution in [1.29, 1.82) is 0 Å². The molecule has 0 saturated heterocycles. The minimum absolute atomic E-state index is 0.131. The van der Waals surface area contributed by atoms with Crippen LogP contribution < -0.4 is 14.8 Å². The zero-order chi connectivity index (χ0) is 20.9. The molecule has 0 fully saturated rings. The van der Waals surface area contributed by atoms with Crippen molar-refractivity contribution in [3.8, 4) is 17.2 Å². The Morgan fingerprint density at radius 1 is 1.07 bits per heavy atom. The van der Waals surface area contributed by atoms with Crippen molar-refractivity contribution >= 4 is 27.5 Å². The Morgan fingerprint density at radius 2 is 1.83 bits per heavy atom. The van der Waals surface area contributed by atoms with Crippen molar-refractivity contribution in [2.45, 2.75) is 20.4 Å². The van der Waals surface area contributed by atoms with Crippen LogP contribution >= 0.6 is 11.3 Å². The fourth-order valence-corrected chi connectivity index (χ4v) is 4.34. The molecule has 6 nitrogen and oxygen atoms in total. The summed E-state index contributed by atoms with van der Waals surface area (Å²) in [6.07, 6.45) is 5.62. The Labute approximate surface area is 179 Å². The number of thiophene rings is 1. The van der Waals surface area contributed by atoms with E-state index in [1.54, 1.807) is 6.20 Å². The van der Waals surface area contributed by atoms with E-state index in [-0.39, 0.29) is 5.91 Å². The molecule has 0 unspecified atom stereocenters. The first kappa shape index (κ1) is 20.0. The zero-order valence-electron chi connectivity index (χ0n) is 16.9. The van der Waals surface area contributed by atoms with Crippen LogP contribution in [0.4, 0.5) is 0 Å². The molecule has 0 aliphatic rings. The number of rotatable bonds is 8. The lowest BCUT2D eigenvalue weighted by Crippen LogP contribution is -2.23. The fraction of sp³-hybridized carbons (Fsp3) is 0.217. The minimum atomic E-state index is -0.131. The summed E-state index contributed by atoms with van der Waals surface area (Å²) < 4.78 is 13.3. The van der Waals surface area contributed by atoms with Crippen molar-refractivity contribution in [1.82, 2.24) is 14.9 Å². The number of nitrogens with one attached hydrogen (secondary N) is 1. The second-order valence-corrected chi connectivity index (χ2v) is 7.56. The van der Waals surface area contributed by atoms with Gasteiger partial charge in [0.15, 0.2) is 11.5 Å². The molecule has 0 atom stereocenters. The van der Waals surface area contributed by atoms with E-state index in [0.717, 1.165) is 21.5 Å². The Bertz CT molecular complexity index is 1150. The smallest absolute Gasteiger partial charge is 0.263 e. The molecule has 0 aliphatic heterocycles. The van der Waals surface area contributed by atoms with Crippen molar-refractivity contribution in [3.05, 3.63) is 71.5 Å². The highest BCUT2D eigenvalue weighted by Gasteiger charge is 2.20. The van der Waals surface area contributed by atoms with E-state index in [2.05, 4.69) is 10.3 Å². The van der Waals surface area contributed by atoms with E-state index in [4.69, 9.17) is 9.47 Å². The van der Waals surface area contributed by atoms with Gasteiger partial charge >= 0.3 is 0 Å². The second-order valence-electron chi connectivity index (χ2n) is 6.56. The number of fused-ring (bicyclic) bond motifs is 1. The molecule has 154 valence electrons. The van der Waals surface area contributed by atoms with Gasteiger partial charge in [0.25, 0.3) is 5.91 Å². The van der Waals surface area contributed by atoms with Crippen LogP contribution in [-0.2, 0) is 6.54 Å². The van der Waals surface area contributed by atoms with Crippen molar-refractivity contribution in [3.63, 3.8) is 0 Å². The Hall–Kier alpha value is -3.32. The van der Waals surface area contributed by atoms with Gasteiger partial charge in [0.2, 0.25) is 0 Å². The first-order chi connectivity index (χ1) is 14.7. The SMILES string of the molecule is CCOc1ccc(CNC(=O)c2sc3ncccc3c2-n2cccc2)cc1OCC. The van der Waals surface area contributed by atoms with Gasteiger partial charge in [0.1, 0.15) is 9.71 Å². The summed E-state index contributed by atoms with van der Waals surface area (Å²) in [5, 5.41) is 3.99. The molecule has 1 N–H and O–H groups in total. The van der Waals surface area contributed by atoms with Gasteiger partial charge in [-0.3, -0.25) is 4.79 Å². The van der Waals surface area contributed by atoms with Crippen LogP contribution in [-0.4, -0.2) is 28.7 Å². The lowest BCUT2D eigenvalue weighted by molar-refractivity contribution is 0.0955. The van der Waals surface area contributed by atoms with Gasteiger partial charge in [-0.05, 0) is 55.8 Å². The maximum atomic E-state index is 13.1. The first-order valence-corrected chi connectivity index (χ1v) is 10.7. The largest absolute Gasteiger partial charge is 0.490 e. The van der Waals surface area contributed by atoms with Crippen LogP contribution in [0, 0.1) is 0 Å². The summed E-state index contributed by atoms with van der Waals surface area (Å²) in [7, 11) is 0. The molecule has 0 saturated carbocycles. The normalized spacial score (nSPS) is 10.9. The number of hydrogen-bond acceptors (Lipinski definition) is 5. The summed E-state index contributed by atoms with van der Waals surface area (Å²) in [4.78, 5) is 19.0. The quantitative estimate of drug-likeness (QED) is 0.443. The number of nitrogens with zero attached hydrogens (tertiary/aromatic N) is 2. The van der Waals surface area contributed by atoms with Crippen molar-refractivity contribution in [2.24, 2.45) is 0 Å². The summed E-state index contributed by atoms with van der Waals surface area (Å²) in [6.45, 7) is 5.37. The number of ether oxygens (including phenoxy) is 2. The molecule has 0 aliphatic carbocycles. The van der Waals surface area contributed by atoms with E-state index in [1.165, 1.54) is 11.3 Å². The molecule has 0 bridgehead atoms. The molecule has 7 heteroatoms. The number of benzene rings is 1. The van der Waals surface area contributed by atoms with Crippen LogP contribution in [0.15, 0.2) is 61.1 Å². The highest BCUT2D eigenvalue weighted by Crippen LogP contribution is 2.33. The zero-order valence-corrected chi connectivity index (χ0v) is 17.7. The molecule has 0 radical (unpaired) electrons. The van der Waals surface area contributed by atoms with Crippen LogP contribution in [0.25, 0.3) is 15.9 Å². The molecule has 1 aromatic carbocycles. The van der Waals surface area contributed by atoms with Gasteiger partial charge in [-0.2, -0.15) is 0 Å². The van der Waals surface area contributed by atoms with Crippen LogP contribution in [0.2, 0.25) is 0 Å². The summed E-state index contributed by atoms with van der Waals surface area (Å²) in [5.41, 5.74) is 1.80. The van der Waals surface area contributed by atoms with E-state index in [9.17, 15) is 4.79 Å². The predicted molar refractivity (Wildman–Crippen MR) is 119 cm³/mol. The molecule has 3 aromatic heterocycles. The molecule has 30 heavy (non-hydrogen) atoms. The molecule has 1 amide bonds. The topological polar surface area (TPSA) is 65.4 Å². The molecule has 3 heterocycles. The third kappa shape index (κ3) is 4.02. The van der Waals surface area contributed by atoms with Gasteiger partial charge in [-0.1, -0.05) is 6.07 Å². The number of aromatic nitrogens is 2. The van der Waals surface area contributed by atoms with Crippen molar-refractivity contribution in [2.75, 3.05) is 13.2 Å². The maximum absolute atomic E-state index is 13.1. The van der Waals surface area contributed by atoms with Crippen molar-refractivity contribution < 1.29 is 14.3 Å². The van der Waals surface area contributed by atoms with Crippen LogP contribution in [0.5, 0.6) is 11.5 Å². The number of carbonyl (C=O) groups excluding carboxylic acids is 1. The first-order valence-electron chi connectivity index (χ1n) is 9.88. The van der Waals surface area contributed by atoms with E-state index in [1.807, 2.05) is 73.3 Å². The standard InChI is InChI=1S/C23H23N3O3S/c1-3-28-18-10-9-16(14-19(18)29-4-2)15-25-22(27)21-20(26-12-5-6-13-26)17-8-7-11-24-23(17)30-21/h5-14H,3-4,15H2,1-2H3,(H,25,27). The van der Waals surface area contributed by atoms with E-state index >= 15 is 0 Å². The number of pyridine rings is 1. The third-order valence-corrected chi connectivity index (χ3v) is 5.67. The molecular weight excluding hydrogens is 398 g/mol. The van der Waals surface area contributed by atoms with E-state index in [0.29, 0.717) is 36.1 Å². The highest BCUT2D eigenvalue weighted by molar-refractivity contribution is 7.21. The summed E-state index contributed by atoms with van der Waals surface area (Å²) in [5.74, 6) is 1.26. The van der Waals surface area contributed by atoms with Crippen LogP contribution in [0.1, 0.15) is 29.1 Å². The van der Waals surface area contributed by atoms with Gasteiger partial charge in [-0.25, -0.2) is 4.98 Å².